The van der Waals surface area contributed by atoms with Gasteiger partial charge in [-0.15, -0.1) is 0 Å². The highest BCUT2D eigenvalue weighted by atomic mass is 79.9. The average Bonchev–Trinajstić information content (AvgIpc) is 3.18. The fraction of sp³-hybridized carbons (Fsp3) is 0.158. The number of benzene rings is 2. The zero-order valence-electron chi connectivity index (χ0n) is 13.4. The molecule has 4 aromatic rings. The third-order valence-corrected chi connectivity index (χ3v) is 5.55. The molecule has 0 radical (unpaired) electrons. The molecule has 0 aliphatic rings. The lowest BCUT2D eigenvalue weighted by Crippen LogP contribution is -2.11. The highest BCUT2D eigenvalue weighted by Crippen LogP contribution is 2.28. The molecular formula is C19H16BrN3OS. The Kier molecular flexibility index (Phi) is 4.55. The van der Waals surface area contributed by atoms with E-state index in [4.69, 9.17) is 0 Å². The third kappa shape index (κ3) is 3.60. The number of nitrogens with one attached hydrogen (secondary N) is 2. The summed E-state index contributed by atoms with van der Waals surface area (Å²) >= 11 is 4.95. The first-order valence-electron chi connectivity index (χ1n) is 8.10. The van der Waals surface area contributed by atoms with Gasteiger partial charge in [-0.05, 0) is 42.7 Å². The molecule has 126 valence electrons. The summed E-state index contributed by atoms with van der Waals surface area (Å²) in [7, 11) is 0. The molecule has 0 fully saturated rings. The summed E-state index contributed by atoms with van der Waals surface area (Å²) < 4.78 is 2.07. The Morgan fingerprint density at radius 3 is 3.04 bits per heavy atom. The number of carbonyl (C=O) groups is 1. The van der Waals surface area contributed by atoms with E-state index in [2.05, 4.69) is 43.3 Å². The van der Waals surface area contributed by atoms with Crippen LogP contribution in [-0.2, 0) is 11.2 Å². The molecule has 0 aliphatic heterocycles. The maximum atomic E-state index is 12.2. The summed E-state index contributed by atoms with van der Waals surface area (Å²) in [4.78, 5) is 19.9. The van der Waals surface area contributed by atoms with Crippen LogP contribution >= 0.6 is 27.3 Å². The van der Waals surface area contributed by atoms with Gasteiger partial charge in [-0.1, -0.05) is 45.5 Å². The van der Waals surface area contributed by atoms with Crippen molar-refractivity contribution in [3.8, 4) is 0 Å². The molecule has 0 atom stereocenters. The van der Waals surface area contributed by atoms with Crippen LogP contribution in [0.4, 0.5) is 5.13 Å². The molecule has 1 amide bonds. The average molecular weight is 414 g/mol. The van der Waals surface area contributed by atoms with Crippen molar-refractivity contribution in [1.29, 1.82) is 0 Å². The summed E-state index contributed by atoms with van der Waals surface area (Å²) in [6, 6.07) is 14.2. The van der Waals surface area contributed by atoms with Gasteiger partial charge in [-0.2, -0.15) is 0 Å². The Hall–Kier alpha value is -2.18. The molecule has 2 aromatic heterocycles. The number of halogens is 1. The fourth-order valence-electron chi connectivity index (χ4n) is 2.91. The SMILES string of the molecule is O=C(CCCc1c[nH]c2ccccc12)Nc1nc2ccc(Br)cc2s1. The van der Waals surface area contributed by atoms with Crippen LogP contribution in [0.15, 0.2) is 53.1 Å². The number of aromatic amines is 1. The lowest BCUT2D eigenvalue weighted by Gasteiger charge is -2.01. The zero-order valence-corrected chi connectivity index (χ0v) is 15.8. The van der Waals surface area contributed by atoms with Crippen molar-refractivity contribution in [2.45, 2.75) is 19.3 Å². The Morgan fingerprint density at radius 2 is 2.12 bits per heavy atom. The van der Waals surface area contributed by atoms with Crippen molar-refractivity contribution in [2.24, 2.45) is 0 Å². The van der Waals surface area contributed by atoms with Gasteiger partial charge in [0.15, 0.2) is 5.13 Å². The van der Waals surface area contributed by atoms with Crippen LogP contribution in [0.1, 0.15) is 18.4 Å². The number of rotatable bonds is 5. The Balaban J connectivity index is 1.35. The first-order chi connectivity index (χ1) is 12.2. The van der Waals surface area contributed by atoms with Crippen LogP contribution in [0.2, 0.25) is 0 Å². The Bertz CT molecular complexity index is 1050. The number of H-pyrrole nitrogens is 1. The molecule has 0 bridgehead atoms. The van der Waals surface area contributed by atoms with E-state index in [-0.39, 0.29) is 5.91 Å². The van der Waals surface area contributed by atoms with Crippen LogP contribution in [0, 0.1) is 0 Å². The van der Waals surface area contributed by atoms with Crippen LogP contribution in [0.5, 0.6) is 0 Å². The maximum absolute atomic E-state index is 12.2. The lowest BCUT2D eigenvalue weighted by atomic mass is 10.1. The van der Waals surface area contributed by atoms with Gasteiger partial charge >= 0.3 is 0 Å². The summed E-state index contributed by atoms with van der Waals surface area (Å²) in [6.45, 7) is 0. The Morgan fingerprint density at radius 1 is 1.24 bits per heavy atom. The quantitative estimate of drug-likeness (QED) is 0.453. The molecule has 0 saturated carbocycles. The van der Waals surface area contributed by atoms with Gasteiger partial charge in [0.2, 0.25) is 5.91 Å². The Labute approximate surface area is 157 Å². The molecule has 0 saturated heterocycles. The van der Waals surface area contributed by atoms with Crippen molar-refractivity contribution < 1.29 is 4.79 Å². The number of hydrogen-bond donors (Lipinski definition) is 2. The molecule has 0 aliphatic carbocycles. The second-order valence-corrected chi connectivity index (χ2v) is 7.84. The number of amides is 1. The molecule has 6 heteroatoms. The van der Waals surface area contributed by atoms with E-state index < -0.39 is 0 Å². The molecule has 4 rings (SSSR count). The van der Waals surface area contributed by atoms with Gasteiger partial charge in [0.1, 0.15) is 0 Å². The number of hydrogen-bond acceptors (Lipinski definition) is 3. The summed E-state index contributed by atoms with van der Waals surface area (Å²) in [5.41, 5.74) is 3.30. The van der Waals surface area contributed by atoms with Gasteiger partial charge in [-0.3, -0.25) is 4.79 Å². The van der Waals surface area contributed by atoms with Crippen molar-refractivity contribution in [3.63, 3.8) is 0 Å². The van der Waals surface area contributed by atoms with E-state index in [1.54, 1.807) is 0 Å². The van der Waals surface area contributed by atoms with Gasteiger partial charge in [-0.25, -0.2) is 4.98 Å². The van der Waals surface area contributed by atoms with Gasteiger partial charge in [0, 0.05) is 28.0 Å². The third-order valence-electron chi connectivity index (χ3n) is 4.12. The predicted octanol–water partition coefficient (Wildman–Crippen LogP) is 5.50. The molecule has 2 heterocycles. The molecule has 0 unspecified atom stereocenters. The number of nitrogens with zero attached hydrogens (tertiary/aromatic N) is 1. The number of anilines is 1. The van der Waals surface area contributed by atoms with Crippen molar-refractivity contribution in [2.75, 3.05) is 5.32 Å². The normalized spacial score (nSPS) is 11.2. The maximum Gasteiger partial charge on any atom is 0.226 e. The number of thiazole rings is 1. The number of para-hydroxylation sites is 1. The molecule has 0 spiro atoms. The largest absolute Gasteiger partial charge is 0.361 e. The molecular weight excluding hydrogens is 398 g/mol. The summed E-state index contributed by atoms with van der Waals surface area (Å²) in [5, 5.41) is 4.81. The number of aryl methyl sites for hydroxylation is 1. The minimum Gasteiger partial charge on any atom is -0.361 e. The van der Waals surface area contributed by atoms with Crippen molar-refractivity contribution in [1.82, 2.24) is 9.97 Å². The molecule has 25 heavy (non-hydrogen) atoms. The molecule has 2 aromatic carbocycles. The predicted molar refractivity (Wildman–Crippen MR) is 107 cm³/mol. The van der Waals surface area contributed by atoms with Crippen LogP contribution in [0.3, 0.4) is 0 Å². The monoisotopic (exact) mass is 413 g/mol. The topological polar surface area (TPSA) is 57.8 Å². The van der Waals surface area contributed by atoms with Gasteiger partial charge < -0.3 is 10.3 Å². The van der Waals surface area contributed by atoms with E-state index in [0.29, 0.717) is 11.6 Å². The number of carbonyl (C=O) groups excluding carboxylic acids is 1. The highest BCUT2D eigenvalue weighted by molar-refractivity contribution is 9.10. The fourth-order valence-corrected chi connectivity index (χ4v) is 4.35. The lowest BCUT2D eigenvalue weighted by molar-refractivity contribution is -0.116. The summed E-state index contributed by atoms with van der Waals surface area (Å²) in [5.74, 6) is 0.0120. The molecule has 2 N–H and O–H groups in total. The van der Waals surface area contributed by atoms with Gasteiger partial charge in [0.25, 0.3) is 0 Å². The van der Waals surface area contributed by atoms with Crippen molar-refractivity contribution in [3.05, 3.63) is 58.7 Å². The highest BCUT2D eigenvalue weighted by Gasteiger charge is 2.09. The number of fused-ring (bicyclic) bond motifs is 2. The molecule has 4 nitrogen and oxygen atoms in total. The minimum absolute atomic E-state index is 0.0120. The van der Waals surface area contributed by atoms with E-state index in [1.807, 2.05) is 36.5 Å². The zero-order chi connectivity index (χ0) is 17.2. The minimum atomic E-state index is 0.0120. The standard InChI is InChI=1S/C19H16BrN3OS/c20-13-8-9-16-17(10-13)25-19(22-16)23-18(24)7-3-4-12-11-21-15-6-2-1-5-14(12)15/h1-2,5-6,8-11,21H,3-4,7H2,(H,22,23,24). The van der Waals surface area contributed by atoms with E-state index in [1.165, 1.54) is 22.3 Å². The van der Waals surface area contributed by atoms with Crippen LogP contribution in [0.25, 0.3) is 21.1 Å². The number of aromatic nitrogens is 2. The first-order valence-corrected chi connectivity index (χ1v) is 9.71. The smallest absolute Gasteiger partial charge is 0.226 e. The van der Waals surface area contributed by atoms with Crippen molar-refractivity contribution >= 4 is 59.4 Å². The first kappa shape index (κ1) is 16.3. The van der Waals surface area contributed by atoms with Crippen LogP contribution in [-0.4, -0.2) is 15.9 Å². The van der Waals surface area contributed by atoms with Gasteiger partial charge in [0.05, 0.1) is 10.2 Å². The van der Waals surface area contributed by atoms with E-state index in [0.717, 1.165) is 33.0 Å². The van der Waals surface area contributed by atoms with E-state index in [9.17, 15) is 4.79 Å². The van der Waals surface area contributed by atoms with E-state index >= 15 is 0 Å². The second-order valence-electron chi connectivity index (χ2n) is 5.89. The summed E-state index contributed by atoms with van der Waals surface area (Å²) in [6.07, 6.45) is 4.21. The second kappa shape index (κ2) is 6.98. The van der Waals surface area contributed by atoms with Crippen LogP contribution < -0.4 is 5.32 Å².